The van der Waals surface area contributed by atoms with E-state index >= 15 is 0 Å². The number of aromatic nitrogens is 2. The first-order valence-corrected chi connectivity index (χ1v) is 6.01. The summed E-state index contributed by atoms with van der Waals surface area (Å²) in [6, 6.07) is 4.35. The van der Waals surface area contributed by atoms with Crippen molar-refractivity contribution >= 4 is 34.9 Å². The fourth-order valence-corrected chi connectivity index (χ4v) is 1.59. The molecule has 0 radical (unpaired) electrons. The van der Waals surface area contributed by atoms with Crippen LogP contribution in [0.1, 0.15) is 5.56 Å². The number of nitrogens with zero attached hydrogens (tertiary/aromatic N) is 2. The quantitative estimate of drug-likeness (QED) is 0.886. The maximum Gasteiger partial charge on any atom is 0.230 e. The Morgan fingerprint density at radius 3 is 2.68 bits per heavy atom. The molecule has 1 N–H and O–H groups in total. The van der Waals surface area contributed by atoms with Gasteiger partial charge < -0.3 is 5.32 Å². The molecule has 2 rings (SSSR count). The molecule has 0 aliphatic rings. The second-order valence-electron chi connectivity index (χ2n) is 3.70. The van der Waals surface area contributed by atoms with E-state index < -0.39 is 5.82 Å². The van der Waals surface area contributed by atoms with Gasteiger partial charge in [0.1, 0.15) is 5.82 Å². The molecule has 98 valence electrons. The largest absolute Gasteiger partial charge is 0.310 e. The van der Waals surface area contributed by atoms with Crippen LogP contribution in [0.5, 0.6) is 0 Å². The molecule has 0 atom stereocenters. The van der Waals surface area contributed by atoms with Gasteiger partial charge in [0.05, 0.1) is 11.4 Å². The summed E-state index contributed by atoms with van der Waals surface area (Å²) in [7, 11) is 0. The van der Waals surface area contributed by atoms with Crippen LogP contribution in [0.4, 0.5) is 10.2 Å². The van der Waals surface area contributed by atoms with Crippen molar-refractivity contribution in [1.82, 2.24) is 9.97 Å². The highest BCUT2D eigenvalue weighted by molar-refractivity contribution is 6.30. The molecule has 0 saturated heterocycles. The van der Waals surface area contributed by atoms with Crippen molar-refractivity contribution in [2.24, 2.45) is 0 Å². The second-order valence-corrected chi connectivity index (χ2v) is 4.50. The van der Waals surface area contributed by atoms with Gasteiger partial charge in [-0.2, -0.15) is 0 Å². The van der Waals surface area contributed by atoms with E-state index in [-0.39, 0.29) is 17.5 Å². The van der Waals surface area contributed by atoms with Crippen LogP contribution >= 0.6 is 23.2 Å². The van der Waals surface area contributed by atoms with E-state index in [4.69, 9.17) is 23.2 Å². The van der Waals surface area contributed by atoms with E-state index in [1.165, 1.54) is 18.5 Å². The molecular formula is C12H8Cl2FN3O. The summed E-state index contributed by atoms with van der Waals surface area (Å²) < 4.78 is 13.1. The van der Waals surface area contributed by atoms with Gasteiger partial charge in [0.15, 0.2) is 11.0 Å². The number of hydrogen-bond acceptors (Lipinski definition) is 3. The smallest absolute Gasteiger partial charge is 0.230 e. The lowest BCUT2D eigenvalue weighted by Gasteiger charge is -2.04. The molecule has 0 bridgehead atoms. The summed E-state index contributed by atoms with van der Waals surface area (Å²) in [6.07, 6.45) is 2.74. The first-order valence-electron chi connectivity index (χ1n) is 5.26. The summed E-state index contributed by atoms with van der Waals surface area (Å²) in [5.74, 6) is -0.619. The third-order valence-corrected chi connectivity index (χ3v) is 2.71. The standard InChI is InChI=1S/C12H8Cl2FN3O/c13-8-1-2-10(16-6-8)18-11(19)4-7-3-9(15)12(14)17-5-7/h1-3,5-6H,4H2,(H,16,18,19). The fraction of sp³-hybridized carbons (Fsp3) is 0.0833. The van der Waals surface area contributed by atoms with Crippen molar-refractivity contribution < 1.29 is 9.18 Å². The van der Waals surface area contributed by atoms with Gasteiger partial charge in [-0.3, -0.25) is 4.79 Å². The predicted molar refractivity (Wildman–Crippen MR) is 70.8 cm³/mol. The number of pyridine rings is 2. The molecule has 1 amide bonds. The number of nitrogens with one attached hydrogen (secondary N) is 1. The predicted octanol–water partition coefficient (Wildman–Crippen LogP) is 3.10. The number of carbonyl (C=O) groups is 1. The zero-order valence-electron chi connectivity index (χ0n) is 9.53. The highest BCUT2D eigenvalue weighted by Gasteiger charge is 2.08. The van der Waals surface area contributed by atoms with Crippen molar-refractivity contribution in [1.29, 1.82) is 0 Å². The molecule has 19 heavy (non-hydrogen) atoms. The zero-order valence-corrected chi connectivity index (χ0v) is 11.0. The van der Waals surface area contributed by atoms with Crippen molar-refractivity contribution in [3.05, 3.63) is 52.1 Å². The third kappa shape index (κ3) is 3.87. The first kappa shape index (κ1) is 13.7. The number of rotatable bonds is 3. The van der Waals surface area contributed by atoms with E-state index in [2.05, 4.69) is 15.3 Å². The number of amides is 1. The SMILES string of the molecule is O=C(Cc1cnc(Cl)c(F)c1)Nc1ccc(Cl)cn1. The van der Waals surface area contributed by atoms with Crippen LogP contribution in [0.25, 0.3) is 0 Å². The Labute approximate surface area is 118 Å². The van der Waals surface area contributed by atoms with Crippen LogP contribution in [0, 0.1) is 5.82 Å². The van der Waals surface area contributed by atoms with Crippen LogP contribution in [0.2, 0.25) is 10.2 Å². The fourth-order valence-electron chi connectivity index (χ4n) is 1.38. The van der Waals surface area contributed by atoms with Crippen molar-refractivity contribution in [2.45, 2.75) is 6.42 Å². The van der Waals surface area contributed by atoms with Gasteiger partial charge in [-0.25, -0.2) is 14.4 Å². The Kier molecular flexibility index (Phi) is 4.29. The van der Waals surface area contributed by atoms with Crippen LogP contribution in [0.15, 0.2) is 30.6 Å². The van der Waals surface area contributed by atoms with Crippen molar-refractivity contribution in [2.75, 3.05) is 5.32 Å². The molecule has 0 fully saturated rings. The Balaban J connectivity index is 2.01. The lowest BCUT2D eigenvalue weighted by atomic mass is 10.2. The minimum atomic E-state index is -0.656. The second kappa shape index (κ2) is 5.95. The number of carbonyl (C=O) groups excluding carboxylic acids is 1. The Morgan fingerprint density at radius 2 is 2.05 bits per heavy atom. The van der Waals surface area contributed by atoms with Crippen LogP contribution in [0.3, 0.4) is 0 Å². The molecule has 0 unspecified atom stereocenters. The summed E-state index contributed by atoms with van der Waals surface area (Å²) in [5, 5.41) is 2.81. The zero-order chi connectivity index (χ0) is 13.8. The highest BCUT2D eigenvalue weighted by atomic mass is 35.5. The molecule has 4 nitrogen and oxygen atoms in total. The molecule has 2 aromatic rings. The maximum absolute atomic E-state index is 13.1. The van der Waals surface area contributed by atoms with E-state index in [1.807, 2.05) is 0 Å². The summed E-state index contributed by atoms with van der Waals surface area (Å²) in [4.78, 5) is 19.2. The van der Waals surface area contributed by atoms with Gasteiger partial charge in [-0.1, -0.05) is 23.2 Å². The number of hydrogen-bond donors (Lipinski definition) is 1. The van der Waals surface area contributed by atoms with E-state index in [1.54, 1.807) is 12.1 Å². The van der Waals surface area contributed by atoms with Gasteiger partial charge in [-0.15, -0.1) is 0 Å². The lowest BCUT2D eigenvalue weighted by molar-refractivity contribution is -0.115. The molecule has 0 saturated carbocycles. The van der Waals surface area contributed by atoms with Crippen molar-refractivity contribution in [3.8, 4) is 0 Å². The molecular weight excluding hydrogens is 292 g/mol. The Hall–Kier alpha value is -1.72. The molecule has 2 heterocycles. The molecule has 0 aromatic carbocycles. The molecule has 0 aliphatic heterocycles. The normalized spacial score (nSPS) is 10.3. The molecule has 7 heteroatoms. The molecule has 0 spiro atoms. The maximum atomic E-state index is 13.1. The lowest BCUT2D eigenvalue weighted by Crippen LogP contribution is -2.15. The number of anilines is 1. The van der Waals surface area contributed by atoms with E-state index in [0.29, 0.717) is 16.4 Å². The number of halogens is 3. The minimum absolute atomic E-state index is 0.0224. The van der Waals surface area contributed by atoms with Crippen molar-refractivity contribution in [3.63, 3.8) is 0 Å². The van der Waals surface area contributed by atoms with Gasteiger partial charge in [0.25, 0.3) is 0 Å². The molecule has 2 aromatic heterocycles. The summed E-state index contributed by atoms with van der Waals surface area (Å²) in [6.45, 7) is 0. The van der Waals surface area contributed by atoms with Crippen LogP contribution in [-0.4, -0.2) is 15.9 Å². The van der Waals surface area contributed by atoms with E-state index in [0.717, 1.165) is 0 Å². The van der Waals surface area contributed by atoms with Crippen LogP contribution in [-0.2, 0) is 11.2 Å². The summed E-state index contributed by atoms with van der Waals surface area (Å²) >= 11 is 11.1. The average Bonchev–Trinajstić information content (AvgIpc) is 2.37. The Morgan fingerprint density at radius 1 is 1.26 bits per heavy atom. The summed E-state index contributed by atoms with van der Waals surface area (Å²) in [5.41, 5.74) is 0.424. The minimum Gasteiger partial charge on any atom is -0.310 e. The van der Waals surface area contributed by atoms with Gasteiger partial charge in [0, 0.05) is 12.4 Å². The molecule has 0 aliphatic carbocycles. The van der Waals surface area contributed by atoms with Gasteiger partial charge in [-0.05, 0) is 23.8 Å². The Bertz CT molecular complexity index is 604. The highest BCUT2D eigenvalue weighted by Crippen LogP contribution is 2.13. The monoisotopic (exact) mass is 299 g/mol. The first-order chi connectivity index (χ1) is 9.04. The van der Waals surface area contributed by atoms with Gasteiger partial charge >= 0.3 is 0 Å². The topological polar surface area (TPSA) is 54.9 Å². The average molecular weight is 300 g/mol. The van der Waals surface area contributed by atoms with E-state index in [9.17, 15) is 9.18 Å². The van der Waals surface area contributed by atoms with Gasteiger partial charge in [0.2, 0.25) is 5.91 Å². The third-order valence-electron chi connectivity index (χ3n) is 2.21. The van der Waals surface area contributed by atoms with Crippen LogP contribution < -0.4 is 5.32 Å².